The van der Waals surface area contributed by atoms with E-state index < -0.39 is 0 Å². The van der Waals surface area contributed by atoms with Gasteiger partial charge in [0.1, 0.15) is 0 Å². The first-order valence-corrected chi connectivity index (χ1v) is 12.5. The van der Waals surface area contributed by atoms with E-state index in [0.717, 1.165) is 11.3 Å². The minimum atomic E-state index is -0.0954. The van der Waals surface area contributed by atoms with E-state index in [0.29, 0.717) is 33.9 Å². The zero-order valence-electron chi connectivity index (χ0n) is 19.9. The van der Waals surface area contributed by atoms with E-state index in [9.17, 15) is 9.59 Å². The summed E-state index contributed by atoms with van der Waals surface area (Å²) >= 11 is 0. The lowest BCUT2D eigenvalue weighted by Crippen LogP contribution is -2.30. The molecule has 1 fully saturated rings. The molecule has 2 aliphatic carbocycles. The van der Waals surface area contributed by atoms with Crippen LogP contribution in [0.15, 0.2) is 66.7 Å². The lowest BCUT2D eigenvalue weighted by atomic mass is 9.81. The third-order valence-corrected chi connectivity index (χ3v) is 7.49. The van der Waals surface area contributed by atoms with E-state index in [1.165, 1.54) is 32.1 Å². The van der Waals surface area contributed by atoms with E-state index in [-0.39, 0.29) is 23.7 Å². The Kier molecular flexibility index (Phi) is 6.23. The summed E-state index contributed by atoms with van der Waals surface area (Å²) in [5.41, 5.74) is 4.53. The number of ketones is 2. The van der Waals surface area contributed by atoms with Crippen LogP contribution in [0.5, 0.6) is 0 Å². The van der Waals surface area contributed by atoms with Crippen molar-refractivity contribution in [3.8, 4) is 0 Å². The van der Waals surface area contributed by atoms with Crippen molar-refractivity contribution in [2.24, 2.45) is 5.92 Å². The van der Waals surface area contributed by atoms with Gasteiger partial charge in [-0.1, -0.05) is 73.9 Å². The molecule has 0 amide bonds. The van der Waals surface area contributed by atoms with Crippen molar-refractivity contribution in [3.05, 3.63) is 94.5 Å². The summed E-state index contributed by atoms with van der Waals surface area (Å²) < 4.78 is 0. The van der Waals surface area contributed by atoms with Gasteiger partial charge >= 0.3 is 0 Å². The van der Waals surface area contributed by atoms with Crippen LogP contribution in [-0.2, 0) is 0 Å². The molecule has 0 saturated heterocycles. The Labute approximate surface area is 201 Å². The number of carbonyl (C=O) groups is 2. The van der Waals surface area contributed by atoms with Gasteiger partial charge in [-0.2, -0.15) is 0 Å². The topological polar surface area (TPSA) is 58.2 Å². The highest BCUT2D eigenvalue weighted by molar-refractivity contribution is 6.31. The first-order valence-electron chi connectivity index (χ1n) is 12.5. The molecule has 174 valence electrons. The summed E-state index contributed by atoms with van der Waals surface area (Å²) in [4.78, 5) is 27.4. The van der Waals surface area contributed by atoms with Crippen LogP contribution in [0.1, 0.15) is 89.4 Å². The van der Waals surface area contributed by atoms with Crippen LogP contribution in [0.25, 0.3) is 0 Å². The Morgan fingerprint density at radius 1 is 0.676 bits per heavy atom. The monoisotopic (exact) mass is 452 g/mol. The van der Waals surface area contributed by atoms with E-state index >= 15 is 0 Å². The van der Waals surface area contributed by atoms with Gasteiger partial charge < -0.3 is 10.6 Å². The molecule has 0 radical (unpaired) electrons. The summed E-state index contributed by atoms with van der Waals surface area (Å²) in [5.74, 6) is 0.406. The van der Waals surface area contributed by atoms with Gasteiger partial charge in [0.05, 0.1) is 11.1 Å². The maximum absolute atomic E-state index is 13.7. The average Bonchev–Trinajstić information content (AvgIpc) is 2.89. The fourth-order valence-corrected chi connectivity index (χ4v) is 5.52. The van der Waals surface area contributed by atoms with Crippen molar-refractivity contribution in [2.75, 3.05) is 10.6 Å². The Balaban J connectivity index is 1.55. The smallest absolute Gasteiger partial charge is 0.196 e. The van der Waals surface area contributed by atoms with Gasteiger partial charge in [-0.15, -0.1) is 0 Å². The van der Waals surface area contributed by atoms with Crippen LogP contribution in [0, 0.1) is 5.92 Å². The second-order valence-corrected chi connectivity index (χ2v) is 9.72. The molecule has 0 aliphatic heterocycles. The lowest BCUT2D eigenvalue weighted by molar-refractivity contribution is 0.0980. The Morgan fingerprint density at radius 2 is 1.21 bits per heavy atom. The molecule has 2 atom stereocenters. The van der Waals surface area contributed by atoms with Crippen LogP contribution >= 0.6 is 0 Å². The molecule has 4 nitrogen and oxygen atoms in total. The van der Waals surface area contributed by atoms with Crippen molar-refractivity contribution in [1.82, 2.24) is 0 Å². The van der Waals surface area contributed by atoms with Crippen molar-refractivity contribution < 1.29 is 9.59 Å². The first kappa shape index (κ1) is 22.4. The van der Waals surface area contributed by atoms with Crippen LogP contribution < -0.4 is 10.6 Å². The normalized spacial score (nSPS) is 17.5. The van der Waals surface area contributed by atoms with Crippen LogP contribution in [0.4, 0.5) is 11.4 Å². The summed E-state index contributed by atoms with van der Waals surface area (Å²) in [5, 5.41) is 7.14. The molecular weight excluding hydrogens is 420 g/mol. The molecule has 4 heteroatoms. The van der Waals surface area contributed by atoms with Crippen molar-refractivity contribution in [1.29, 1.82) is 0 Å². The molecule has 0 heterocycles. The van der Waals surface area contributed by atoms with Gasteiger partial charge in [-0.25, -0.2) is 0 Å². The predicted octanol–water partition coefficient (Wildman–Crippen LogP) is 7.02. The molecule has 5 rings (SSSR count). The largest absolute Gasteiger partial charge is 0.382 e. The van der Waals surface area contributed by atoms with E-state index in [4.69, 9.17) is 0 Å². The summed E-state index contributed by atoms with van der Waals surface area (Å²) in [7, 11) is 0. The maximum atomic E-state index is 13.7. The highest BCUT2D eigenvalue weighted by atomic mass is 16.1. The molecule has 0 spiro atoms. The number of hydrogen-bond acceptors (Lipinski definition) is 4. The van der Waals surface area contributed by atoms with Gasteiger partial charge in [0, 0.05) is 34.6 Å². The standard InChI is InChI=1S/C30H32N2O2/c1-19(21-11-5-3-6-12-21)31-25-17-18-26(32-20(2)22-13-7-4-8-14-22)28-27(25)29(33)23-15-9-10-16-24(23)30(28)34/h3,5-6,9-12,15-20,22,31-32H,4,7-8,13-14H2,1-2H3/t19-,20-/m1/s1. The number of nitrogens with one attached hydrogen (secondary N) is 2. The number of anilines is 2. The molecule has 3 aromatic carbocycles. The number of carbonyl (C=O) groups excluding carboxylic acids is 2. The molecule has 1 saturated carbocycles. The third-order valence-electron chi connectivity index (χ3n) is 7.49. The zero-order chi connectivity index (χ0) is 23.7. The van der Waals surface area contributed by atoms with Gasteiger partial charge in [-0.05, 0) is 50.3 Å². The number of hydrogen-bond donors (Lipinski definition) is 2. The van der Waals surface area contributed by atoms with Gasteiger partial charge in [0.15, 0.2) is 11.6 Å². The number of rotatable bonds is 6. The van der Waals surface area contributed by atoms with E-state index in [2.05, 4.69) is 36.6 Å². The van der Waals surface area contributed by atoms with Crippen LogP contribution in [0.2, 0.25) is 0 Å². The molecule has 0 bridgehead atoms. The van der Waals surface area contributed by atoms with Crippen LogP contribution in [-0.4, -0.2) is 17.6 Å². The second kappa shape index (κ2) is 9.46. The molecular formula is C30H32N2O2. The Bertz CT molecular complexity index is 1210. The molecule has 2 aliphatic rings. The van der Waals surface area contributed by atoms with Gasteiger partial charge in [0.25, 0.3) is 0 Å². The predicted molar refractivity (Wildman–Crippen MR) is 138 cm³/mol. The Hall–Kier alpha value is -3.40. The second-order valence-electron chi connectivity index (χ2n) is 9.72. The highest BCUT2D eigenvalue weighted by Crippen LogP contribution is 2.39. The Morgan fingerprint density at radius 3 is 1.79 bits per heavy atom. The molecule has 3 aromatic rings. The van der Waals surface area contributed by atoms with Crippen molar-refractivity contribution in [2.45, 2.75) is 58.0 Å². The van der Waals surface area contributed by atoms with Crippen molar-refractivity contribution in [3.63, 3.8) is 0 Å². The van der Waals surface area contributed by atoms with E-state index in [1.54, 1.807) is 12.1 Å². The summed E-state index contributed by atoms with van der Waals surface area (Å²) in [6.45, 7) is 4.27. The zero-order valence-corrected chi connectivity index (χ0v) is 19.9. The summed E-state index contributed by atoms with van der Waals surface area (Å²) in [6.07, 6.45) is 6.25. The SMILES string of the molecule is C[C@@H](Nc1ccc(N[C@H](C)C2CCCCC2)c2c1C(=O)c1ccccc1C2=O)c1ccccc1. The molecule has 2 N–H and O–H groups in total. The number of fused-ring (bicyclic) bond motifs is 2. The van der Waals surface area contributed by atoms with Gasteiger partial charge in [-0.3, -0.25) is 9.59 Å². The first-order chi connectivity index (χ1) is 16.5. The third kappa shape index (κ3) is 4.13. The fraction of sp³-hybridized carbons (Fsp3) is 0.333. The lowest BCUT2D eigenvalue weighted by Gasteiger charge is -2.31. The maximum Gasteiger partial charge on any atom is 0.196 e. The minimum Gasteiger partial charge on any atom is -0.382 e. The summed E-state index contributed by atoms with van der Waals surface area (Å²) in [6, 6.07) is 21.5. The average molecular weight is 453 g/mol. The molecule has 34 heavy (non-hydrogen) atoms. The minimum absolute atomic E-state index is 0.00894. The number of benzene rings is 3. The highest BCUT2D eigenvalue weighted by Gasteiger charge is 2.34. The fourth-order valence-electron chi connectivity index (χ4n) is 5.52. The molecule has 0 unspecified atom stereocenters. The molecule has 0 aromatic heterocycles. The quantitative estimate of drug-likeness (QED) is 0.330. The van der Waals surface area contributed by atoms with Gasteiger partial charge in [0.2, 0.25) is 0 Å². The van der Waals surface area contributed by atoms with Crippen molar-refractivity contribution >= 4 is 22.9 Å². The van der Waals surface area contributed by atoms with Crippen LogP contribution in [0.3, 0.4) is 0 Å². The van der Waals surface area contributed by atoms with E-state index in [1.807, 2.05) is 42.5 Å².